The van der Waals surface area contributed by atoms with E-state index in [0.29, 0.717) is 37.8 Å². The highest BCUT2D eigenvalue weighted by Gasteiger charge is 2.41. The first kappa shape index (κ1) is 28.4. The molecule has 1 aromatic heterocycles. The second-order valence-electron chi connectivity index (χ2n) is 7.13. The summed E-state index contributed by atoms with van der Waals surface area (Å²) in [6.07, 6.45) is 3.24. The van der Waals surface area contributed by atoms with E-state index in [-0.39, 0.29) is 0 Å². The number of aromatic amines is 2. The molecule has 0 aliphatic rings. The van der Waals surface area contributed by atoms with E-state index in [4.69, 9.17) is 26.6 Å². The Kier molecular flexibility index (Phi) is 11.1. The molecule has 0 amide bonds. The summed E-state index contributed by atoms with van der Waals surface area (Å²) in [5.41, 5.74) is -3.61. The van der Waals surface area contributed by atoms with Crippen LogP contribution in [-0.4, -0.2) is 74.8 Å². The summed E-state index contributed by atoms with van der Waals surface area (Å²) < 4.78 is 33.8. The van der Waals surface area contributed by atoms with Crippen LogP contribution < -0.4 is 17.1 Å². The minimum atomic E-state index is -2.86. The third-order valence-corrected chi connectivity index (χ3v) is 11.4. The molecule has 0 saturated heterocycles. The van der Waals surface area contributed by atoms with Gasteiger partial charge >= 0.3 is 34.7 Å². The van der Waals surface area contributed by atoms with Gasteiger partial charge in [0.1, 0.15) is 0 Å². The van der Waals surface area contributed by atoms with E-state index >= 15 is 0 Å². The summed E-state index contributed by atoms with van der Waals surface area (Å²) in [6, 6.07) is 0.907. The lowest BCUT2D eigenvalue weighted by Gasteiger charge is -2.34. The maximum absolute atomic E-state index is 12.6. The minimum Gasteiger partial charge on any atom is -0.377 e. The van der Waals surface area contributed by atoms with Crippen LogP contribution in [0.3, 0.4) is 0 Å². The van der Waals surface area contributed by atoms with Gasteiger partial charge in [-0.25, -0.2) is 19.0 Å². The van der Waals surface area contributed by atoms with E-state index in [1.807, 2.05) is 0 Å². The van der Waals surface area contributed by atoms with Crippen molar-refractivity contribution < 1.29 is 26.6 Å². The zero-order valence-electron chi connectivity index (χ0n) is 19.6. The Hall–Kier alpha value is -1.66. The summed E-state index contributed by atoms with van der Waals surface area (Å²) in [7, 11) is 3.36. The second-order valence-corrected chi connectivity index (χ2v) is 13.3. The normalized spacial score (nSPS) is 12.8. The predicted molar refractivity (Wildman–Crippen MR) is 122 cm³/mol. The zero-order chi connectivity index (χ0) is 24.4. The van der Waals surface area contributed by atoms with E-state index < -0.39 is 40.2 Å². The van der Waals surface area contributed by atoms with Gasteiger partial charge in [0, 0.05) is 54.7 Å². The van der Waals surface area contributed by atoms with Crippen molar-refractivity contribution in [1.29, 1.82) is 0 Å². The van der Waals surface area contributed by atoms with Crippen molar-refractivity contribution in [1.82, 2.24) is 14.5 Å². The Morgan fingerprint density at radius 1 is 0.781 bits per heavy atom. The Morgan fingerprint density at radius 3 is 1.41 bits per heavy atom. The molecule has 0 atom stereocenters. The highest BCUT2D eigenvalue weighted by atomic mass is 28.4. The SMILES string of the molecule is C=CC(CCC[Si](OC)(OC)OC)(CCC[Si](OC)(OC)OC)n1c(=O)[nH]c(=O)[nH]c1=O. The number of H-pyrrole nitrogens is 2. The number of hydrogen-bond donors (Lipinski definition) is 2. The number of nitrogens with one attached hydrogen (secondary N) is 2. The van der Waals surface area contributed by atoms with Crippen LogP contribution in [0.1, 0.15) is 25.7 Å². The molecule has 14 heteroatoms. The van der Waals surface area contributed by atoms with Gasteiger partial charge in [0.2, 0.25) is 0 Å². The molecule has 12 nitrogen and oxygen atoms in total. The lowest BCUT2D eigenvalue weighted by Crippen LogP contribution is -2.53. The Bertz CT molecular complexity index is 814. The number of hydrogen-bond acceptors (Lipinski definition) is 9. The molecule has 0 fully saturated rings. The first-order valence-electron chi connectivity index (χ1n) is 10.1. The molecule has 0 aliphatic carbocycles. The monoisotopic (exact) mass is 493 g/mol. The average molecular weight is 494 g/mol. The van der Waals surface area contributed by atoms with Crippen LogP contribution in [0.5, 0.6) is 0 Å². The zero-order valence-corrected chi connectivity index (χ0v) is 21.6. The van der Waals surface area contributed by atoms with E-state index in [1.165, 1.54) is 42.7 Å². The van der Waals surface area contributed by atoms with E-state index in [9.17, 15) is 14.4 Å². The van der Waals surface area contributed by atoms with E-state index in [0.717, 1.165) is 4.57 Å². The van der Waals surface area contributed by atoms with Crippen LogP contribution in [0, 0.1) is 0 Å². The van der Waals surface area contributed by atoms with Crippen LogP contribution in [0.15, 0.2) is 27.0 Å². The molecule has 0 spiro atoms. The van der Waals surface area contributed by atoms with Gasteiger partial charge in [-0.05, 0) is 25.7 Å². The lowest BCUT2D eigenvalue weighted by atomic mass is 9.88. The highest BCUT2D eigenvalue weighted by molar-refractivity contribution is 6.60. The van der Waals surface area contributed by atoms with Crippen molar-refractivity contribution >= 4 is 17.6 Å². The molecule has 2 N–H and O–H groups in total. The van der Waals surface area contributed by atoms with Crippen LogP contribution in [0.25, 0.3) is 0 Å². The summed E-state index contributed by atoms with van der Waals surface area (Å²) in [6.45, 7) is 3.90. The van der Waals surface area contributed by atoms with Crippen molar-refractivity contribution in [3.63, 3.8) is 0 Å². The fourth-order valence-corrected chi connectivity index (χ4v) is 7.26. The van der Waals surface area contributed by atoms with Crippen LogP contribution in [-0.2, 0) is 32.1 Å². The molecule has 1 rings (SSSR count). The average Bonchev–Trinajstić information content (AvgIpc) is 2.79. The van der Waals surface area contributed by atoms with Crippen LogP contribution >= 0.6 is 0 Å². The van der Waals surface area contributed by atoms with Gasteiger partial charge in [-0.1, -0.05) is 6.08 Å². The second kappa shape index (κ2) is 12.5. The Balaban J connectivity index is 3.30. The van der Waals surface area contributed by atoms with Gasteiger partial charge in [0.05, 0.1) is 5.54 Å². The summed E-state index contributed by atoms with van der Waals surface area (Å²) in [5, 5.41) is 0. The molecule has 0 radical (unpaired) electrons. The number of nitrogens with zero attached hydrogens (tertiary/aromatic N) is 1. The third-order valence-electron chi connectivity index (χ3n) is 5.72. The first-order valence-corrected chi connectivity index (χ1v) is 13.9. The minimum absolute atomic E-state index is 0.345. The van der Waals surface area contributed by atoms with Gasteiger partial charge in [-0.15, -0.1) is 6.58 Å². The van der Waals surface area contributed by atoms with Gasteiger partial charge in [0.15, 0.2) is 0 Å². The largest absolute Gasteiger partial charge is 0.500 e. The van der Waals surface area contributed by atoms with Crippen molar-refractivity contribution in [2.75, 3.05) is 42.7 Å². The highest BCUT2D eigenvalue weighted by Crippen LogP contribution is 2.32. The maximum atomic E-state index is 12.6. The number of aromatic nitrogens is 3. The van der Waals surface area contributed by atoms with Crippen LogP contribution in [0.4, 0.5) is 0 Å². The molecule has 1 aromatic rings. The molecule has 32 heavy (non-hydrogen) atoms. The molecular weight excluding hydrogens is 458 g/mol. The van der Waals surface area contributed by atoms with Gasteiger partial charge in [0.25, 0.3) is 0 Å². The topological polar surface area (TPSA) is 143 Å². The number of allylic oxidation sites excluding steroid dienone is 1. The van der Waals surface area contributed by atoms with Crippen molar-refractivity contribution in [3.05, 3.63) is 44.1 Å². The van der Waals surface area contributed by atoms with Crippen molar-refractivity contribution in [3.8, 4) is 0 Å². The third kappa shape index (κ3) is 6.44. The lowest BCUT2D eigenvalue weighted by molar-refractivity contribution is 0.120. The molecule has 0 aliphatic heterocycles. The quantitative estimate of drug-likeness (QED) is 0.247. The first-order chi connectivity index (χ1) is 15.2. The van der Waals surface area contributed by atoms with E-state index in [2.05, 4.69) is 16.5 Å². The molecule has 0 bridgehead atoms. The van der Waals surface area contributed by atoms with Crippen LogP contribution in [0.2, 0.25) is 12.1 Å². The van der Waals surface area contributed by atoms with Gasteiger partial charge < -0.3 is 26.6 Å². The fourth-order valence-electron chi connectivity index (χ4n) is 3.81. The molecular formula is C18H35N3O9Si2. The maximum Gasteiger partial charge on any atom is 0.500 e. The molecule has 1 heterocycles. The molecule has 184 valence electrons. The molecule has 0 unspecified atom stereocenters. The summed E-state index contributed by atoms with van der Waals surface area (Å²) in [5.74, 6) is 0. The smallest absolute Gasteiger partial charge is 0.377 e. The summed E-state index contributed by atoms with van der Waals surface area (Å²) >= 11 is 0. The number of rotatable bonds is 16. The van der Waals surface area contributed by atoms with Crippen molar-refractivity contribution in [2.45, 2.75) is 43.3 Å². The van der Waals surface area contributed by atoms with Crippen molar-refractivity contribution in [2.24, 2.45) is 0 Å². The standard InChI is InChI=1S/C18H35N3O9Si2/c1-8-18(11-9-13-31(25-2,26-3)27-4,12-10-14-32(28-5,29-6)30-7)21-16(23)19-15(22)20-17(21)24/h8H,1,9-14H2,2-7H3,(H2,19,20,22,23,24). The Morgan fingerprint density at radius 2 is 1.12 bits per heavy atom. The predicted octanol–water partition coefficient (Wildman–Crippen LogP) is 0.423. The van der Waals surface area contributed by atoms with E-state index in [1.54, 1.807) is 6.08 Å². The van der Waals surface area contributed by atoms with Gasteiger partial charge in [-0.3, -0.25) is 9.97 Å². The van der Waals surface area contributed by atoms with Gasteiger partial charge in [-0.2, -0.15) is 0 Å². The fraction of sp³-hybridized carbons (Fsp3) is 0.722. The molecule has 0 aromatic carbocycles. The molecule has 0 saturated carbocycles. The summed E-state index contributed by atoms with van der Waals surface area (Å²) in [4.78, 5) is 41.1. The Labute approximate surface area is 189 Å².